The minimum Gasteiger partial charge on any atom is -0.378 e. The van der Waals surface area contributed by atoms with Crippen LogP contribution in [0.1, 0.15) is 15.2 Å². The molecule has 0 bridgehead atoms. The molecular formula is C17H16BrNO2S. The lowest BCUT2D eigenvalue weighted by Crippen LogP contribution is -2.36. The van der Waals surface area contributed by atoms with Crippen LogP contribution in [0, 0.1) is 0 Å². The summed E-state index contributed by atoms with van der Waals surface area (Å²) in [4.78, 5) is 15.1. The van der Waals surface area contributed by atoms with Crippen LogP contribution in [0.15, 0.2) is 46.3 Å². The van der Waals surface area contributed by atoms with Crippen LogP contribution >= 0.6 is 27.3 Å². The lowest BCUT2D eigenvalue weighted by molar-refractivity contribution is 0.105. The first-order valence-electron chi connectivity index (χ1n) is 7.13. The maximum Gasteiger partial charge on any atom is 0.195 e. The molecule has 2 aromatic rings. The van der Waals surface area contributed by atoms with Gasteiger partial charge in [0.05, 0.1) is 21.9 Å². The van der Waals surface area contributed by atoms with E-state index in [2.05, 4.69) is 33.0 Å². The Kier molecular flexibility index (Phi) is 5.08. The minimum atomic E-state index is 0.0351. The SMILES string of the molecule is O=C(/C=C/c1ccc(N2CCOCC2)cc1)c1ccc(Br)s1. The molecular weight excluding hydrogens is 362 g/mol. The standard InChI is InChI=1S/C17H16BrNO2S/c18-17-8-7-16(22-17)15(20)6-3-13-1-4-14(5-2-13)19-9-11-21-12-10-19/h1-8H,9-12H2/b6-3+. The second-order valence-electron chi connectivity index (χ2n) is 4.99. The van der Waals surface area contributed by atoms with Gasteiger partial charge in [-0.2, -0.15) is 0 Å². The van der Waals surface area contributed by atoms with Crippen LogP contribution in [0.4, 0.5) is 5.69 Å². The van der Waals surface area contributed by atoms with Gasteiger partial charge in [-0.1, -0.05) is 18.2 Å². The number of halogens is 1. The molecule has 3 nitrogen and oxygen atoms in total. The molecule has 0 atom stereocenters. The van der Waals surface area contributed by atoms with Crippen molar-refractivity contribution in [3.63, 3.8) is 0 Å². The number of hydrogen-bond acceptors (Lipinski definition) is 4. The minimum absolute atomic E-state index is 0.0351. The Balaban J connectivity index is 1.65. The van der Waals surface area contributed by atoms with E-state index in [1.54, 1.807) is 6.08 Å². The summed E-state index contributed by atoms with van der Waals surface area (Å²) in [5.74, 6) is 0.0351. The number of rotatable bonds is 4. The summed E-state index contributed by atoms with van der Waals surface area (Å²) in [6.45, 7) is 3.43. The molecule has 1 aromatic carbocycles. The van der Waals surface area contributed by atoms with E-state index in [1.165, 1.54) is 17.0 Å². The van der Waals surface area contributed by atoms with Crippen molar-refractivity contribution >= 4 is 44.8 Å². The van der Waals surface area contributed by atoms with Gasteiger partial charge in [-0.3, -0.25) is 4.79 Å². The molecule has 0 N–H and O–H groups in total. The zero-order chi connectivity index (χ0) is 15.4. The highest BCUT2D eigenvalue weighted by molar-refractivity contribution is 9.11. The average molecular weight is 378 g/mol. The van der Waals surface area contributed by atoms with E-state index >= 15 is 0 Å². The summed E-state index contributed by atoms with van der Waals surface area (Å²) < 4.78 is 6.33. The third-order valence-corrected chi connectivity index (χ3v) is 5.15. The zero-order valence-electron chi connectivity index (χ0n) is 12.0. The Bertz CT molecular complexity index is 672. The van der Waals surface area contributed by atoms with E-state index in [-0.39, 0.29) is 5.78 Å². The van der Waals surface area contributed by atoms with Crippen molar-refractivity contribution in [3.05, 3.63) is 56.7 Å². The molecule has 0 spiro atoms. The third-order valence-electron chi connectivity index (χ3n) is 3.51. The number of ketones is 1. The van der Waals surface area contributed by atoms with Crippen molar-refractivity contribution in [2.24, 2.45) is 0 Å². The Labute approximate surface area is 142 Å². The summed E-state index contributed by atoms with van der Waals surface area (Å²) in [7, 11) is 0. The molecule has 2 heterocycles. The van der Waals surface area contributed by atoms with Gasteiger partial charge >= 0.3 is 0 Å². The van der Waals surface area contributed by atoms with E-state index in [0.29, 0.717) is 0 Å². The summed E-state index contributed by atoms with van der Waals surface area (Å²) in [6, 6.07) is 12.0. The fourth-order valence-electron chi connectivity index (χ4n) is 2.32. The number of ether oxygens (including phenoxy) is 1. The number of carbonyl (C=O) groups excluding carboxylic acids is 1. The predicted molar refractivity (Wildman–Crippen MR) is 94.9 cm³/mol. The molecule has 0 radical (unpaired) electrons. The lowest BCUT2D eigenvalue weighted by Gasteiger charge is -2.28. The largest absolute Gasteiger partial charge is 0.378 e. The van der Waals surface area contributed by atoms with Gasteiger partial charge in [0.1, 0.15) is 0 Å². The predicted octanol–water partition coefficient (Wildman–Crippen LogP) is 4.24. The first kappa shape index (κ1) is 15.5. The number of thiophene rings is 1. The highest BCUT2D eigenvalue weighted by Crippen LogP contribution is 2.23. The lowest BCUT2D eigenvalue weighted by atomic mass is 10.1. The monoisotopic (exact) mass is 377 g/mol. The van der Waals surface area contributed by atoms with Crippen LogP contribution in [0.2, 0.25) is 0 Å². The molecule has 1 fully saturated rings. The van der Waals surface area contributed by atoms with Crippen molar-refractivity contribution < 1.29 is 9.53 Å². The van der Waals surface area contributed by atoms with E-state index < -0.39 is 0 Å². The van der Waals surface area contributed by atoms with Gasteiger partial charge in [-0.15, -0.1) is 11.3 Å². The fraction of sp³-hybridized carbons (Fsp3) is 0.235. The quantitative estimate of drug-likeness (QED) is 0.589. The normalized spacial score (nSPS) is 15.4. The fourth-order valence-corrected chi connectivity index (χ4v) is 3.62. The van der Waals surface area contributed by atoms with Gasteiger partial charge < -0.3 is 9.64 Å². The van der Waals surface area contributed by atoms with Gasteiger partial charge in [0.15, 0.2) is 5.78 Å². The zero-order valence-corrected chi connectivity index (χ0v) is 14.4. The van der Waals surface area contributed by atoms with E-state index in [1.807, 2.05) is 30.3 Å². The molecule has 1 aliphatic rings. The van der Waals surface area contributed by atoms with E-state index in [0.717, 1.165) is 40.5 Å². The van der Waals surface area contributed by atoms with Crippen molar-refractivity contribution in [1.29, 1.82) is 0 Å². The summed E-state index contributed by atoms with van der Waals surface area (Å²) in [5, 5.41) is 0. The summed E-state index contributed by atoms with van der Waals surface area (Å²) >= 11 is 4.82. The highest BCUT2D eigenvalue weighted by Gasteiger charge is 2.10. The van der Waals surface area contributed by atoms with Crippen LogP contribution in [-0.4, -0.2) is 32.1 Å². The third kappa shape index (κ3) is 3.85. The molecule has 3 rings (SSSR count). The number of allylic oxidation sites excluding steroid dienone is 1. The first-order chi connectivity index (χ1) is 10.7. The molecule has 1 aromatic heterocycles. The summed E-state index contributed by atoms with van der Waals surface area (Å²) in [6.07, 6.45) is 3.49. The number of anilines is 1. The molecule has 0 amide bonds. The topological polar surface area (TPSA) is 29.5 Å². The number of nitrogens with zero attached hydrogens (tertiary/aromatic N) is 1. The maximum atomic E-state index is 12.0. The Morgan fingerprint density at radius 1 is 1.14 bits per heavy atom. The number of morpholine rings is 1. The first-order valence-corrected chi connectivity index (χ1v) is 8.74. The summed E-state index contributed by atoms with van der Waals surface area (Å²) in [5.41, 5.74) is 2.23. The smallest absolute Gasteiger partial charge is 0.195 e. The molecule has 0 unspecified atom stereocenters. The molecule has 1 saturated heterocycles. The Hall–Kier alpha value is -1.43. The molecule has 5 heteroatoms. The number of carbonyl (C=O) groups is 1. The van der Waals surface area contributed by atoms with Crippen LogP contribution in [0.5, 0.6) is 0 Å². The van der Waals surface area contributed by atoms with E-state index in [4.69, 9.17) is 4.74 Å². The van der Waals surface area contributed by atoms with Gasteiger partial charge in [-0.05, 0) is 51.8 Å². The van der Waals surface area contributed by atoms with Crippen LogP contribution < -0.4 is 4.90 Å². The van der Waals surface area contributed by atoms with Gasteiger partial charge in [0.25, 0.3) is 0 Å². The van der Waals surface area contributed by atoms with Gasteiger partial charge in [0.2, 0.25) is 0 Å². The molecule has 0 aliphatic carbocycles. The van der Waals surface area contributed by atoms with Crippen molar-refractivity contribution in [2.75, 3.05) is 31.2 Å². The van der Waals surface area contributed by atoms with Crippen LogP contribution in [0.3, 0.4) is 0 Å². The Morgan fingerprint density at radius 3 is 2.50 bits per heavy atom. The van der Waals surface area contributed by atoms with Gasteiger partial charge in [0, 0.05) is 18.8 Å². The molecule has 114 valence electrons. The molecule has 0 saturated carbocycles. The molecule has 1 aliphatic heterocycles. The second kappa shape index (κ2) is 7.22. The van der Waals surface area contributed by atoms with Crippen molar-refractivity contribution in [2.45, 2.75) is 0 Å². The van der Waals surface area contributed by atoms with Gasteiger partial charge in [-0.25, -0.2) is 0 Å². The number of benzene rings is 1. The highest BCUT2D eigenvalue weighted by atomic mass is 79.9. The van der Waals surface area contributed by atoms with Crippen LogP contribution in [-0.2, 0) is 4.74 Å². The van der Waals surface area contributed by atoms with Crippen molar-refractivity contribution in [1.82, 2.24) is 0 Å². The maximum absolute atomic E-state index is 12.0. The molecule has 22 heavy (non-hydrogen) atoms. The Morgan fingerprint density at radius 2 is 1.86 bits per heavy atom. The second-order valence-corrected chi connectivity index (χ2v) is 7.46. The van der Waals surface area contributed by atoms with Crippen molar-refractivity contribution in [3.8, 4) is 0 Å². The van der Waals surface area contributed by atoms with Crippen LogP contribution in [0.25, 0.3) is 6.08 Å². The average Bonchev–Trinajstić information content (AvgIpc) is 3.00. The number of hydrogen-bond donors (Lipinski definition) is 0. The van der Waals surface area contributed by atoms with E-state index in [9.17, 15) is 4.79 Å².